The van der Waals surface area contributed by atoms with Crippen molar-refractivity contribution in [1.82, 2.24) is 19.9 Å². The molecule has 0 radical (unpaired) electrons. The molecule has 8 nitrogen and oxygen atoms in total. The van der Waals surface area contributed by atoms with Gasteiger partial charge in [0, 0.05) is 26.1 Å². The van der Waals surface area contributed by atoms with Crippen molar-refractivity contribution in [2.24, 2.45) is 0 Å². The van der Waals surface area contributed by atoms with E-state index in [1.165, 1.54) is 0 Å². The van der Waals surface area contributed by atoms with Crippen molar-refractivity contribution in [3.05, 3.63) is 23.0 Å². The summed E-state index contributed by atoms with van der Waals surface area (Å²) < 4.78 is 13.2. The number of rotatable bonds is 2. The number of halogens is 1. The molecule has 2 aliphatic rings. The van der Waals surface area contributed by atoms with Crippen LogP contribution in [0.1, 0.15) is 28.2 Å². The van der Waals surface area contributed by atoms with E-state index in [-0.39, 0.29) is 6.54 Å². The molecule has 0 unspecified atom stereocenters. The van der Waals surface area contributed by atoms with Crippen molar-refractivity contribution in [2.75, 3.05) is 24.5 Å². The summed E-state index contributed by atoms with van der Waals surface area (Å²) in [5, 5.41) is 9.61. The highest BCUT2D eigenvalue weighted by atomic mass is 32.1. The lowest BCUT2D eigenvalue weighted by molar-refractivity contribution is 0.0731. The number of thiazole rings is 1. The molecule has 0 bridgehead atoms. The summed E-state index contributed by atoms with van der Waals surface area (Å²) in [4.78, 5) is 39.7. The molecule has 0 spiro atoms. The van der Waals surface area contributed by atoms with Crippen LogP contribution in [0, 0.1) is 0 Å². The number of nitrogens with zero attached hydrogens (tertiary/aromatic N) is 5. The highest BCUT2D eigenvalue weighted by Gasteiger charge is 2.32. The van der Waals surface area contributed by atoms with E-state index in [1.54, 1.807) is 12.4 Å². The topological polar surface area (TPSA) is 99.5 Å². The zero-order valence-corrected chi connectivity index (χ0v) is 14.6. The maximum Gasteiger partial charge on any atom is 0.414 e. The Morgan fingerprint density at radius 3 is 2.65 bits per heavy atom. The first-order chi connectivity index (χ1) is 12.5. The highest BCUT2D eigenvalue weighted by Crippen LogP contribution is 2.31. The molecule has 4 heterocycles. The van der Waals surface area contributed by atoms with Crippen LogP contribution < -0.4 is 4.90 Å². The second-order valence-electron chi connectivity index (χ2n) is 6.21. The number of fused-ring (bicyclic) bond motifs is 1. The van der Waals surface area contributed by atoms with Crippen LogP contribution in [0.4, 0.5) is 15.0 Å². The lowest BCUT2D eigenvalue weighted by atomic mass is 10.1. The van der Waals surface area contributed by atoms with Gasteiger partial charge in [-0.2, -0.15) is 0 Å². The lowest BCUT2D eigenvalue weighted by Gasteiger charge is -2.29. The Bertz CT molecular complexity index is 848. The van der Waals surface area contributed by atoms with Gasteiger partial charge in [0.05, 0.1) is 18.1 Å². The van der Waals surface area contributed by atoms with Crippen molar-refractivity contribution >= 4 is 29.2 Å². The normalized spacial score (nSPS) is 18.1. The number of piperidine rings is 1. The zero-order valence-electron chi connectivity index (χ0n) is 13.8. The van der Waals surface area contributed by atoms with E-state index in [1.807, 2.05) is 4.90 Å². The van der Waals surface area contributed by atoms with E-state index in [4.69, 9.17) is 5.11 Å². The molecule has 2 aliphatic heterocycles. The fraction of sp³-hybridized carbons (Fsp3) is 0.438. The van der Waals surface area contributed by atoms with Crippen LogP contribution in [0.25, 0.3) is 10.7 Å². The molecule has 0 aliphatic carbocycles. The number of hydrogen-bond donors (Lipinski definition) is 1. The van der Waals surface area contributed by atoms with E-state index in [0.717, 1.165) is 16.2 Å². The van der Waals surface area contributed by atoms with E-state index in [0.29, 0.717) is 59.4 Å². The number of aromatic nitrogens is 3. The van der Waals surface area contributed by atoms with Gasteiger partial charge in [-0.15, -0.1) is 11.3 Å². The molecule has 2 aromatic rings. The van der Waals surface area contributed by atoms with E-state index in [2.05, 4.69) is 15.0 Å². The number of imide groups is 1. The predicted molar refractivity (Wildman–Crippen MR) is 92.2 cm³/mol. The van der Waals surface area contributed by atoms with Crippen molar-refractivity contribution in [3.8, 4) is 10.7 Å². The van der Waals surface area contributed by atoms with Crippen molar-refractivity contribution in [2.45, 2.75) is 25.4 Å². The van der Waals surface area contributed by atoms with Gasteiger partial charge in [-0.1, -0.05) is 0 Å². The molecule has 0 aromatic carbocycles. The maximum absolute atomic E-state index is 13.2. The molecule has 0 saturated carbocycles. The van der Waals surface area contributed by atoms with Gasteiger partial charge in [0.25, 0.3) is 5.91 Å². The highest BCUT2D eigenvalue weighted by molar-refractivity contribution is 7.17. The molecule has 1 saturated heterocycles. The number of hydrogen-bond acceptors (Lipinski definition) is 7. The van der Waals surface area contributed by atoms with Gasteiger partial charge >= 0.3 is 6.09 Å². The summed E-state index contributed by atoms with van der Waals surface area (Å²) in [7, 11) is 0. The monoisotopic (exact) mass is 377 g/mol. The minimum atomic E-state index is -1.25. The van der Waals surface area contributed by atoms with Crippen molar-refractivity contribution in [1.29, 1.82) is 0 Å². The third-order valence-corrected chi connectivity index (χ3v) is 5.65. The predicted octanol–water partition coefficient (Wildman–Crippen LogP) is 2.21. The summed E-state index contributed by atoms with van der Waals surface area (Å²) in [5.74, 6) is 0.149. The van der Waals surface area contributed by atoms with Crippen molar-refractivity contribution in [3.63, 3.8) is 0 Å². The van der Waals surface area contributed by atoms with E-state index in [9.17, 15) is 14.0 Å². The van der Waals surface area contributed by atoms with Gasteiger partial charge in [-0.3, -0.25) is 4.79 Å². The Labute approximate surface area is 152 Å². The number of carbonyl (C=O) groups is 2. The first-order valence-electron chi connectivity index (χ1n) is 8.29. The van der Waals surface area contributed by atoms with E-state index < -0.39 is 18.2 Å². The smallest absolute Gasteiger partial charge is 0.414 e. The van der Waals surface area contributed by atoms with Gasteiger partial charge in [0.1, 0.15) is 27.6 Å². The van der Waals surface area contributed by atoms with Crippen LogP contribution in [0.5, 0.6) is 0 Å². The minimum Gasteiger partial charge on any atom is -0.465 e. The quantitative estimate of drug-likeness (QED) is 0.856. The summed E-state index contributed by atoms with van der Waals surface area (Å²) in [6.07, 6.45) is 2.59. The summed E-state index contributed by atoms with van der Waals surface area (Å²) >= 11 is 1.13. The molecule has 1 N–H and O–H groups in total. The number of carbonyl (C=O) groups excluding carboxylic acids is 1. The molecular weight excluding hydrogens is 361 g/mol. The SMILES string of the molecule is O=C(O)N1CCc2nc(-c3cnc(N4CCC(F)CC4)cn3)sc2C1=O. The molecular formula is C16H16FN5O3S. The Kier molecular flexibility index (Phi) is 4.27. The molecule has 2 amide bonds. The molecule has 10 heteroatoms. The number of anilines is 1. The Morgan fingerprint density at radius 2 is 2.00 bits per heavy atom. The van der Waals surface area contributed by atoms with Crippen LogP contribution >= 0.6 is 11.3 Å². The average Bonchev–Trinajstić information content (AvgIpc) is 3.08. The zero-order chi connectivity index (χ0) is 18.3. The van der Waals surface area contributed by atoms with Crippen LogP contribution in [-0.2, 0) is 6.42 Å². The standard InChI is InChI=1S/C16H16FN5O3S/c17-9-1-4-21(5-2-9)12-8-18-11(7-19-12)14-20-10-3-6-22(16(24)25)15(23)13(10)26-14/h7-9H,1-6H2,(H,24,25). The molecule has 136 valence electrons. The number of carboxylic acid groups (broad SMARTS) is 1. The third-order valence-electron chi connectivity index (χ3n) is 4.55. The largest absolute Gasteiger partial charge is 0.465 e. The van der Waals surface area contributed by atoms with E-state index >= 15 is 0 Å². The fourth-order valence-electron chi connectivity index (χ4n) is 3.09. The van der Waals surface area contributed by atoms with Crippen LogP contribution in [-0.4, -0.2) is 62.8 Å². The van der Waals surface area contributed by atoms with Gasteiger partial charge in [0.15, 0.2) is 0 Å². The first kappa shape index (κ1) is 16.8. The van der Waals surface area contributed by atoms with Crippen molar-refractivity contribution < 1.29 is 19.1 Å². The second-order valence-corrected chi connectivity index (χ2v) is 7.20. The average molecular weight is 377 g/mol. The maximum atomic E-state index is 13.2. The Hall–Kier alpha value is -2.62. The first-order valence-corrected chi connectivity index (χ1v) is 9.10. The Balaban J connectivity index is 1.55. The summed E-state index contributed by atoms with van der Waals surface area (Å²) in [6.45, 7) is 1.33. The third kappa shape index (κ3) is 3.00. The minimum absolute atomic E-state index is 0.111. The molecule has 26 heavy (non-hydrogen) atoms. The molecule has 1 fully saturated rings. The molecule has 4 rings (SSSR count). The summed E-state index contributed by atoms with van der Waals surface area (Å²) in [5.41, 5.74) is 1.13. The lowest BCUT2D eigenvalue weighted by Crippen LogP contribution is -2.40. The molecule has 2 aromatic heterocycles. The van der Waals surface area contributed by atoms with Gasteiger partial charge in [-0.05, 0) is 12.8 Å². The van der Waals surface area contributed by atoms with Crippen LogP contribution in [0.15, 0.2) is 12.4 Å². The van der Waals surface area contributed by atoms with Crippen LogP contribution in [0.3, 0.4) is 0 Å². The molecule has 0 atom stereocenters. The summed E-state index contributed by atoms with van der Waals surface area (Å²) in [6, 6.07) is 0. The van der Waals surface area contributed by atoms with Gasteiger partial charge < -0.3 is 10.0 Å². The number of alkyl halides is 1. The van der Waals surface area contributed by atoms with Gasteiger partial charge in [-0.25, -0.2) is 29.0 Å². The second kappa shape index (κ2) is 6.60. The van der Waals surface area contributed by atoms with Gasteiger partial charge in [0.2, 0.25) is 0 Å². The number of amides is 2. The fourth-order valence-corrected chi connectivity index (χ4v) is 4.12. The Morgan fingerprint density at radius 1 is 1.23 bits per heavy atom. The van der Waals surface area contributed by atoms with Crippen LogP contribution in [0.2, 0.25) is 0 Å².